The third-order valence-corrected chi connectivity index (χ3v) is 3.05. The molecule has 19 heavy (non-hydrogen) atoms. The van der Waals surface area contributed by atoms with E-state index in [1.807, 2.05) is 6.92 Å². The van der Waals surface area contributed by atoms with Crippen LogP contribution in [0, 0.1) is 0 Å². The fourth-order valence-corrected chi connectivity index (χ4v) is 2.05. The van der Waals surface area contributed by atoms with Crippen LogP contribution in [-0.4, -0.2) is 18.6 Å². The van der Waals surface area contributed by atoms with Crippen LogP contribution in [0.4, 0.5) is 5.69 Å². The van der Waals surface area contributed by atoms with Crippen LogP contribution in [0.5, 0.6) is 5.75 Å². The first-order valence-electron chi connectivity index (χ1n) is 6.96. The van der Waals surface area contributed by atoms with Crippen molar-refractivity contribution in [2.45, 2.75) is 46.1 Å². The molecule has 0 fully saturated rings. The molecule has 0 aliphatic carbocycles. The monoisotopic (exact) mass is 264 g/mol. The van der Waals surface area contributed by atoms with Gasteiger partial charge in [-0.05, 0) is 31.9 Å². The molecule has 0 aliphatic heterocycles. The molecule has 1 unspecified atom stereocenters. The van der Waals surface area contributed by atoms with Gasteiger partial charge in [-0.3, -0.25) is 4.79 Å². The molecule has 0 aromatic heterocycles. The summed E-state index contributed by atoms with van der Waals surface area (Å²) < 4.78 is 5.47. The van der Waals surface area contributed by atoms with Crippen LogP contribution < -0.4 is 15.8 Å². The lowest BCUT2D eigenvalue weighted by molar-refractivity contribution is 0.0931. The maximum Gasteiger partial charge on any atom is 0.257 e. The number of nitrogen functional groups attached to an aromatic ring is 1. The van der Waals surface area contributed by atoms with Gasteiger partial charge in [0, 0.05) is 11.7 Å². The largest absolute Gasteiger partial charge is 0.493 e. The highest BCUT2D eigenvalue weighted by Gasteiger charge is 2.18. The number of hydrogen-bond acceptors (Lipinski definition) is 3. The van der Waals surface area contributed by atoms with Crippen molar-refractivity contribution in [3.05, 3.63) is 23.8 Å². The van der Waals surface area contributed by atoms with Crippen LogP contribution in [0.2, 0.25) is 0 Å². The molecule has 0 heterocycles. The summed E-state index contributed by atoms with van der Waals surface area (Å²) in [6.07, 6.45) is 2.93. The van der Waals surface area contributed by atoms with E-state index in [-0.39, 0.29) is 11.9 Å². The van der Waals surface area contributed by atoms with Gasteiger partial charge in [0.1, 0.15) is 11.3 Å². The number of anilines is 1. The van der Waals surface area contributed by atoms with Gasteiger partial charge in [-0.2, -0.15) is 0 Å². The normalized spacial score (nSPS) is 11.9. The van der Waals surface area contributed by atoms with Crippen LogP contribution in [0.25, 0.3) is 0 Å². The van der Waals surface area contributed by atoms with Crippen molar-refractivity contribution in [2.24, 2.45) is 0 Å². The number of rotatable bonds is 7. The number of benzene rings is 1. The number of carbonyl (C=O) groups is 1. The van der Waals surface area contributed by atoms with Gasteiger partial charge in [0.05, 0.1) is 6.61 Å². The molecular weight excluding hydrogens is 240 g/mol. The van der Waals surface area contributed by atoms with Gasteiger partial charge in [-0.1, -0.05) is 26.3 Å². The van der Waals surface area contributed by atoms with E-state index in [1.54, 1.807) is 18.2 Å². The minimum atomic E-state index is -0.151. The number of amides is 1. The number of carbonyl (C=O) groups excluding carboxylic acids is 1. The van der Waals surface area contributed by atoms with E-state index in [0.717, 1.165) is 19.3 Å². The fourth-order valence-electron chi connectivity index (χ4n) is 2.05. The Kier molecular flexibility index (Phi) is 6.19. The summed E-state index contributed by atoms with van der Waals surface area (Å²) in [5, 5.41) is 3.02. The first kappa shape index (κ1) is 15.3. The van der Waals surface area contributed by atoms with Crippen molar-refractivity contribution in [3.63, 3.8) is 0 Å². The highest BCUT2D eigenvalue weighted by molar-refractivity contribution is 6.02. The number of hydrogen-bond donors (Lipinski definition) is 2. The lowest BCUT2D eigenvalue weighted by atomic mass is 10.1. The van der Waals surface area contributed by atoms with Crippen LogP contribution in [0.3, 0.4) is 0 Å². The topological polar surface area (TPSA) is 64.4 Å². The van der Waals surface area contributed by atoms with Crippen molar-refractivity contribution in [3.8, 4) is 5.75 Å². The highest BCUT2D eigenvalue weighted by Crippen LogP contribution is 2.24. The third-order valence-electron chi connectivity index (χ3n) is 3.05. The van der Waals surface area contributed by atoms with E-state index in [2.05, 4.69) is 19.2 Å². The molecule has 4 nitrogen and oxygen atoms in total. The zero-order valence-corrected chi connectivity index (χ0v) is 12.0. The Labute approximate surface area is 115 Å². The van der Waals surface area contributed by atoms with Gasteiger partial charge in [-0.15, -0.1) is 0 Å². The van der Waals surface area contributed by atoms with Gasteiger partial charge in [0.2, 0.25) is 0 Å². The molecule has 106 valence electrons. The lowest BCUT2D eigenvalue weighted by Crippen LogP contribution is -2.34. The molecule has 1 aromatic rings. The molecule has 1 rings (SSSR count). The zero-order chi connectivity index (χ0) is 14.3. The van der Waals surface area contributed by atoms with Crippen molar-refractivity contribution in [2.75, 3.05) is 12.3 Å². The van der Waals surface area contributed by atoms with Crippen molar-refractivity contribution in [1.29, 1.82) is 0 Å². The maximum atomic E-state index is 12.3. The predicted molar refractivity (Wildman–Crippen MR) is 78.5 cm³/mol. The van der Waals surface area contributed by atoms with Crippen LogP contribution in [-0.2, 0) is 0 Å². The van der Waals surface area contributed by atoms with E-state index < -0.39 is 0 Å². The van der Waals surface area contributed by atoms with E-state index in [9.17, 15) is 4.79 Å². The van der Waals surface area contributed by atoms with Gasteiger partial charge in [-0.25, -0.2) is 0 Å². The predicted octanol–water partition coefficient (Wildman–Crippen LogP) is 2.98. The SMILES string of the molecule is CCCC(CC)NC(=O)c1c(N)cccc1OCC. The van der Waals surface area contributed by atoms with Gasteiger partial charge >= 0.3 is 0 Å². The zero-order valence-electron chi connectivity index (χ0n) is 12.0. The Morgan fingerprint density at radius 2 is 2.11 bits per heavy atom. The minimum Gasteiger partial charge on any atom is -0.493 e. The first-order chi connectivity index (χ1) is 9.13. The van der Waals surface area contributed by atoms with E-state index in [1.165, 1.54) is 0 Å². The molecule has 0 saturated heterocycles. The molecular formula is C15H24N2O2. The second kappa shape index (κ2) is 7.67. The summed E-state index contributed by atoms with van der Waals surface area (Å²) in [5.74, 6) is 0.396. The molecule has 1 aromatic carbocycles. The smallest absolute Gasteiger partial charge is 0.257 e. The van der Waals surface area contributed by atoms with Crippen LogP contribution in [0.1, 0.15) is 50.4 Å². The second-order valence-electron chi connectivity index (χ2n) is 4.52. The van der Waals surface area contributed by atoms with Crippen molar-refractivity contribution < 1.29 is 9.53 Å². The second-order valence-corrected chi connectivity index (χ2v) is 4.52. The Bertz CT molecular complexity index is 419. The summed E-state index contributed by atoms with van der Waals surface area (Å²) in [7, 11) is 0. The molecule has 0 radical (unpaired) electrons. The van der Waals surface area contributed by atoms with Gasteiger partial charge < -0.3 is 15.8 Å². The average molecular weight is 264 g/mol. The number of ether oxygens (including phenoxy) is 1. The van der Waals surface area contributed by atoms with Crippen molar-refractivity contribution >= 4 is 11.6 Å². The third kappa shape index (κ3) is 4.16. The fraction of sp³-hybridized carbons (Fsp3) is 0.533. The summed E-state index contributed by atoms with van der Waals surface area (Å²) in [4.78, 5) is 12.3. The molecule has 0 spiro atoms. The number of nitrogens with one attached hydrogen (secondary N) is 1. The molecule has 4 heteroatoms. The number of nitrogens with two attached hydrogens (primary N) is 1. The Morgan fingerprint density at radius 3 is 2.68 bits per heavy atom. The Morgan fingerprint density at radius 1 is 1.37 bits per heavy atom. The standard InChI is InChI=1S/C15H24N2O2/c1-4-8-11(5-2)17-15(18)14-12(16)9-7-10-13(14)19-6-3/h7,9-11H,4-6,8,16H2,1-3H3,(H,17,18). The summed E-state index contributed by atoms with van der Waals surface area (Å²) in [6.45, 7) is 6.57. The molecule has 1 amide bonds. The molecule has 0 aliphatic rings. The summed E-state index contributed by atoms with van der Waals surface area (Å²) in [5.41, 5.74) is 6.80. The average Bonchev–Trinajstić information content (AvgIpc) is 2.38. The maximum absolute atomic E-state index is 12.3. The molecule has 1 atom stereocenters. The lowest BCUT2D eigenvalue weighted by Gasteiger charge is -2.18. The van der Waals surface area contributed by atoms with E-state index in [4.69, 9.17) is 10.5 Å². The van der Waals surface area contributed by atoms with Gasteiger partial charge in [0.15, 0.2) is 0 Å². The van der Waals surface area contributed by atoms with E-state index >= 15 is 0 Å². The van der Waals surface area contributed by atoms with Gasteiger partial charge in [0.25, 0.3) is 5.91 Å². The molecule has 3 N–H and O–H groups in total. The summed E-state index contributed by atoms with van der Waals surface area (Å²) in [6, 6.07) is 5.47. The molecule has 0 bridgehead atoms. The van der Waals surface area contributed by atoms with Crippen LogP contribution in [0.15, 0.2) is 18.2 Å². The highest BCUT2D eigenvalue weighted by atomic mass is 16.5. The van der Waals surface area contributed by atoms with Crippen LogP contribution >= 0.6 is 0 Å². The van der Waals surface area contributed by atoms with E-state index in [0.29, 0.717) is 23.6 Å². The van der Waals surface area contributed by atoms with Crippen molar-refractivity contribution in [1.82, 2.24) is 5.32 Å². The minimum absolute atomic E-state index is 0.151. The molecule has 0 saturated carbocycles. The first-order valence-corrected chi connectivity index (χ1v) is 6.96. The quantitative estimate of drug-likeness (QED) is 0.744. The Hall–Kier alpha value is -1.71. The Balaban J connectivity index is 2.91. The summed E-state index contributed by atoms with van der Waals surface area (Å²) >= 11 is 0.